The number of amides is 1. The molecule has 0 saturated heterocycles. The van der Waals surface area contributed by atoms with Crippen LogP contribution in [0.3, 0.4) is 0 Å². The number of benzene rings is 2. The smallest absolute Gasteiger partial charge is 0.292 e. The quantitative estimate of drug-likeness (QED) is 0.339. The minimum atomic E-state index is -1.49. The Morgan fingerprint density at radius 2 is 2.12 bits per heavy atom. The van der Waals surface area contributed by atoms with Crippen LogP contribution in [0.2, 0.25) is 5.02 Å². The first-order chi connectivity index (χ1) is 19.3. The van der Waals surface area contributed by atoms with Gasteiger partial charge < -0.3 is 19.3 Å². The number of halogens is 1. The van der Waals surface area contributed by atoms with Crippen molar-refractivity contribution in [1.29, 1.82) is 0 Å². The van der Waals surface area contributed by atoms with E-state index in [-0.39, 0.29) is 23.2 Å². The van der Waals surface area contributed by atoms with Crippen molar-refractivity contribution in [2.45, 2.75) is 63.4 Å². The fourth-order valence-corrected chi connectivity index (χ4v) is 8.54. The molecular formula is C32H39ClN2O4S. The van der Waals surface area contributed by atoms with Crippen LogP contribution in [0.5, 0.6) is 5.75 Å². The number of fused-ring (bicyclic) bond motifs is 4. The summed E-state index contributed by atoms with van der Waals surface area (Å²) >= 11 is 4.90. The third-order valence-corrected chi connectivity index (χ3v) is 11.1. The largest absolute Gasteiger partial charge is 0.593 e. The zero-order valence-corrected chi connectivity index (χ0v) is 24.7. The fourth-order valence-electron chi connectivity index (χ4n) is 7.13. The Kier molecular flexibility index (Phi) is 8.10. The zero-order valence-electron chi connectivity index (χ0n) is 23.1. The van der Waals surface area contributed by atoms with Crippen LogP contribution < -0.4 is 14.4 Å². The summed E-state index contributed by atoms with van der Waals surface area (Å²) in [4.78, 5) is 15.6. The van der Waals surface area contributed by atoms with Gasteiger partial charge in [0, 0.05) is 35.0 Å². The highest BCUT2D eigenvalue weighted by Gasteiger charge is 2.44. The molecule has 6 rings (SSSR count). The van der Waals surface area contributed by atoms with E-state index in [0.29, 0.717) is 23.8 Å². The third kappa shape index (κ3) is 5.50. The molecule has 2 bridgehead atoms. The van der Waals surface area contributed by atoms with Gasteiger partial charge in [0.25, 0.3) is 5.91 Å². The van der Waals surface area contributed by atoms with Gasteiger partial charge in [0.15, 0.2) is 0 Å². The predicted molar refractivity (Wildman–Crippen MR) is 160 cm³/mol. The predicted octanol–water partition coefficient (Wildman–Crippen LogP) is 5.58. The van der Waals surface area contributed by atoms with Gasteiger partial charge in [-0.2, -0.15) is 4.72 Å². The van der Waals surface area contributed by atoms with Gasteiger partial charge in [-0.15, -0.1) is 0 Å². The van der Waals surface area contributed by atoms with Crippen molar-refractivity contribution in [3.05, 3.63) is 70.3 Å². The molecule has 6 atom stereocenters. The van der Waals surface area contributed by atoms with E-state index in [1.54, 1.807) is 6.07 Å². The molecular weight excluding hydrogens is 544 g/mol. The van der Waals surface area contributed by atoms with Gasteiger partial charge in [-0.05, 0) is 98.2 Å². The number of aryl methyl sites for hydroxylation is 1. The molecule has 2 N–H and O–H groups in total. The van der Waals surface area contributed by atoms with Gasteiger partial charge in [0.2, 0.25) is 0 Å². The fraction of sp³-hybridized carbons (Fsp3) is 0.531. The van der Waals surface area contributed by atoms with Crippen molar-refractivity contribution >= 4 is 34.6 Å². The second kappa shape index (κ2) is 11.6. The molecule has 6 nitrogen and oxygen atoms in total. The van der Waals surface area contributed by atoms with Crippen molar-refractivity contribution in [3.8, 4) is 5.75 Å². The molecule has 0 radical (unpaired) electrons. The van der Waals surface area contributed by atoms with Crippen molar-refractivity contribution in [3.63, 3.8) is 0 Å². The van der Waals surface area contributed by atoms with Gasteiger partial charge in [-0.1, -0.05) is 36.7 Å². The topological polar surface area (TPSA) is 84.9 Å². The number of aliphatic hydroxyl groups is 1. The number of nitrogens with one attached hydrogen (secondary N) is 1. The summed E-state index contributed by atoms with van der Waals surface area (Å²) in [7, 11) is 0. The molecule has 1 spiro atoms. The Balaban J connectivity index is 1.39. The van der Waals surface area contributed by atoms with E-state index < -0.39 is 17.5 Å². The molecule has 2 aliphatic carbocycles. The number of carbonyl (C=O) groups is 1. The van der Waals surface area contributed by atoms with Crippen LogP contribution in [0, 0.1) is 17.8 Å². The van der Waals surface area contributed by atoms with Crippen LogP contribution in [0.25, 0.3) is 0 Å². The summed E-state index contributed by atoms with van der Waals surface area (Å²) in [6.07, 6.45) is 10.2. The number of hydrogen-bond acceptors (Lipinski definition) is 5. The van der Waals surface area contributed by atoms with E-state index in [9.17, 15) is 14.5 Å². The molecule has 0 aromatic heterocycles. The van der Waals surface area contributed by atoms with Crippen LogP contribution in [0.1, 0.15) is 66.9 Å². The van der Waals surface area contributed by atoms with E-state index in [1.807, 2.05) is 30.4 Å². The second-order valence-corrected chi connectivity index (χ2v) is 13.8. The minimum Gasteiger partial charge on any atom is -0.593 e. The monoisotopic (exact) mass is 582 g/mol. The number of carbonyl (C=O) groups excluding carboxylic acids is 1. The van der Waals surface area contributed by atoms with Crippen molar-refractivity contribution in [1.82, 2.24) is 4.72 Å². The Morgan fingerprint density at radius 3 is 2.92 bits per heavy atom. The van der Waals surface area contributed by atoms with E-state index in [2.05, 4.69) is 28.7 Å². The van der Waals surface area contributed by atoms with E-state index in [4.69, 9.17) is 16.3 Å². The van der Waals surface area contributed by atoms with Crippen molar-refractivity contribution in [2.75, 3.05) is 30.3 Å². The SMILES string of the molecule is CCC1C/C=C/C(O)C2CCC2CN2CC3(CCCc4cc(Cl)ccc43)COc3ccc(cc32)C(=O)N[S+]([O-])C1. The number of hydrogen-bond donors (Lipinski definition) is 2. The Morgan fingerprint density at radius 1 is 1.25 bits per heavy atom. The number of rotatable bonds is 1. The number of aliphatic hydroxyl groups excluding tert-OH is 1. The standard InChI is InChI=1S/C32H39ClN2O4S/c1-2-21-5-3-7-29(36)26-11-8-24(26)17-35-19-32(14-4-6-22-15-25(33)10-12-27(22)32)20-39-30-13-9-23(16-28(30)35)31(37)34-40(38)18-21/h3,7,9-10,12-13,15-16,21,24,26,29,36H,2,4-6,8,11,14,17-20H2,1H3,(H,34,37)/b7-3+. The third-order valence-electron chi connectivity index (χ3n) is 9.64. The average molecular weight is 583 g/mol. The van der Waals surface area contributed by atoms with Crippen LogP contribution in [-0.2, 0) is 23.2 Å². The number of ether oxygens (including phenoxy) is 1. The minimum absolute atomic E-state index is 0.176. The highest BCUT2D eigenvalue weighted by atomic mass is 35.5. The van der Waals surface area contributed by atoms with Gasteiger partial charge in [-0.25, -0.2) is 0 Å². The lowest BCUT2D eigenvalue weighted by Gasteiger charge is -2.45. The molecule has 2 aromatic rings. The summed E-state index contributed by atoms with van der Waals surface area (Å²) in [5.41, 5.74) is 3.77. The first-order valence-corrected chi connectivity index (χ1v) is 16.4. The summed E-state index contributed by atoms with van der Waals surface area (Å²) in [5, 5.41) is 11.9. The van der Waals surface area contributed by atoms with E-state index >= 15 is 0 Å². The molecule has 6 unspecified atom stereocenters. The number of nitrogens with zero attached hydrogens (tertiary/aromatic N) is 1. The zero-order chi connectivity index (χ0) is 27.9. The summed E-state index contributed by atoms with van der Waals surface area (Å²) in [5.74, 6) is 1.55. The summed E-state index contributed by atoms with van der Waals surface area (Å²) in [6, 6.07) is 11.8. The summed E-state index contributed by atoms with van der Waals surface area (Å²) in [6.45, 7) is 4.17. The molecule has 4 aliphatic rings. The lowest BCUT2D eigenvalue weighted by Crippen LogP contribution is -2.49. The Hall–Kier alpha value is -2.19. The Labute approximate surface area is 245 Å². The van der Waals surface area contributed by atoms with Gasteiger partial charge in [-0.3, -0.25) is 4.79 Å². The van der Waals surface area contributed by atoms with Crippen molar-refractivity contribution < 1.29 is 19.2 Å². The lowest BCUT2D eigenvalue weighted by molar-refractivity contribution is 0.0456. The van der Waals surface area contributed by atoms with E-state index in [1.165, 1.54) is 11.1 Å². The van der Waals surface area contributed by atoms with Crippen LogP contribution in [0.4, 0.5) is 5.69 Å². The highest BCUT2D eigenvalue weighted by Crippen LogP contribution is 2.46. The normalized spacial score (nSPS) is 33.0. The van der Waals surface area contributed by atoms with Crippen LogP contribution >= 0.6 is 11.6 Å². The Bertz CT molecular complexity index is 1290. The van der Waals surface area contributed by atoms with Gasteiger partial charge in [0.1, 0.15) is 11.5 Å². The lowest BCUT2D eigenvalue weighted by atomic mass is 9.68. The van der Waals surface area contributed by atoms with Gasteiger partial charge >= 0.3 is 0 Å². The van der Waals surface area contributed by atoms with E-state index in [0.717, 1.165) is 74.5 Å². The molecule has 40 heavy (non-hydrogen) atoms. The maximum atomic E-state index is 13.2. The molecule has 2 heterocycles. The molecule has 1 saturated carbocycles. The maximum absolute atomic E-state index is 13.2. The maximum Gasteiger partial charge on any atom is 0.292 e. The molecule has 2 aromatic carbocycles. The molecule has 1 amide bonds. The molecule has 2 aliphatic heterocycles. The van der Waals surface area contributed by atoms with Crippen LogP contribution in [0.15, 0.2) is 48.6 Å². The second-order valence-electron chi connectivity index (χ2n) is 12.2. The van der Waals surface area contributed by atoms with Gasteiger partial charge in [0.05, 0.1) is 29.8 Å². The number of allylic oxidation sites excluding steroid dienone is 1. The summed E-state index contributed by atoms with van der Waals surface area (Å²) < 4.78 is 22.1. The molecule has 214 valence electrons. The molecule has 8 heteroatoms. The van der Waals surface area contributed by atoms with Crippen molar-refractivity contribution in [2.24, 2.45) is 17.8 Å². The average Bonchev–Trinajstić information content (AvgIpc) is 3.07. The van der Waals surface area contributed by atoms with Crippen LogP contribution in [-0.4, -0.2) is 47.1 Å². The first kappa shape index (κ1) is 28.0. The highest BCUT2D eigenvalue weighted by molar-refractivity contribution is 7.90. The molecule has 1 fully saturated rings. The first-order valence-electron chi connectivity index (χ1n) is 14.7. The number of anilines is 1.